The Labute approximate surface area is 197 Å². The number of fused-ring (bicyclic) bond motifs is 1. The molecule has 0 radical (unpaired) electrons. The van der Waals surface area contributed by atoms with Crippen LogP contribution in [0.2, 0.25) is 0 Å². The number of hydrogen-bond acceptors (Lipinski definition) is 5. The highest BCUT2D eigenvalue weighted by molar-refractivity contribution is 7.09. The van der Waals surface area contributed by atoms with Crippen molar-refractivity contribution in [3.63, 3.8) is 0 Å². The van der Waals surface area contributed by atoms with Crippen molar-refractivity contribution in [1.29, 1.82) is 0 Å². The van der Waals surface area contributed by atoms with Crippen LogP contribution in [-0.2, 0) is 17.9 Å². The lowest BCUT2D eigenvalue weighted by Gasteiger charge is -2.37. The van der Waals surface area contributed by atoms with E-state index in [4.69, 9.17) is 4.74 Å². The molecule has 1 atom stereocenters. The predicted molar refractivity (Wildman–Crippen MR) is 131 cm³/mol. The molecule has 0 aliphatic carbocycles. The molecule has 0 saturated carbocycles. The highest BCUT2D eigenvalue weighted by atomic mass is 32.1. The molecule has 0 amide bonds. The number of carbonyl (C=O) groups is 1. The molecule has 1 saturated heterocycles. The molecule has 0 bridgehead atoms. The first-order valence-electron chi connectivity index (χ1n) is 11.2. The van der Waals surface area contributed by atoms with Crippen LogP contribution in [0, 0.1) is 0 Å². The number of piperazine rings is 1. The summed E-state index contributed by atoms with van der Waals surface area (Å²) in [7, 11) is 0. The predicted octanol–water partition coefficient (Wildman–Crippen LogP) is 4.75. The smallest absolute Gasteiger partial charge is 0.325 e. The van der Waals surface area contributed by atoms with Crippen LogP contribution in [0.4, 0.5) is 0 Å². The maximum atomic E-state index is 12.4. The third-order valence-corrected chi connectivity index (χ3v) is 7.05. The van der Waals surface area contributed by atoms with Crippen LogP contribution in [-0.4, -0.2) is 52.0 Å². The summed E-state index contributed by atoms with van der Waals surface area (Å²) in [6, 6.07) is 19.4. The summed E-state index contributed by atoms with van der Waals surface area (Å²) < 4.78 is 5.99. The number of benzene rings is 2. The number of thiophene rings is 1. The topological polar surface area (TPSA) is 68.8 Å². The Morgan fingerprint density at radius 3 is 2.61 bits per heavy atom. The van der Waals surface area contributed by atoms with Gasteiger partial charge in [-0.05, 0) is 35.2 Å². The maximum absolute atomic E-state index is 12.4. The number of nitrogens with zero attached hydrogens (tertiary/aromatic N) is 2. The van der Waals surface area contributed by atoms with Crippen LogP contribution < -0.4 is 4.74 Å². The van der Waals surface area contributed by atoms with E-state index in [0.717, 1.165) is 60.5 Å². The fraction of sp³-hybridized carbons (Fsp3) is 0.269. The second-order valence-electron chi connectivity index (χ2n) is 8.36. The van der Waals surface area contributed by atoms with E-state index < -0.39 is 12.0 Å². The van der Waals surface area contributed by atoms with Gasteiger partial charge >= 0.3 is 5.97 Å². The van der Waals surface area contributed by atoms with Crippen molar-refractivity contribution in [1.82, 2.24) is 14.8 Å². The molecule has 2 aromatic heterocycles. The van der Waals surface area contributed by atoms with Crippen LogP contribution in [0.5, 0.6) is 5.75 Å². The first-order valence-corrected chi connectivity index (χ1v) is 12.0. The number of hydrogen-bond donors (Lipinski definition) is 2. The Morgan fingerprint density at radius 1 is 1.06 bits per heavy atom. The zero-order valence-corrected chi connectivity index (χ0v) is 19.1. The van der Waals surface area contributed by atoms with E-state index in [1.807, 2.05) is 54.7 Å². The summed E-state index contributed by atoms with van der Waals surface area (Å²) in [5.41, 5.74) is 2.80. The van der Waals surface area contributed by atoms with Gasteiger partial charge in [-0.15, -0.1) is 11.3 Å². The second kappa shape index (κ2) is 9.79. The van der Waals surface area contributed by atoms with Gasteiger partial charge in [0, 0.05) is 60.3 Å². The highest BCUT2D eigenvalue weighted by Gasteiger charge is 2.32. The van der Waals surface area contributed by atoms with Crippen molar-refractivity contribution in [2.24, 2.45) is 0 Å². The highest BCUT2D eigenvalue weighted by Crippen LogP contribution is 2.32. The van der Waals surface area contributed by atoms with E-state index in [1.54, 1.807) is 11.3 Å². The summed E-state index contributed by atoms with van der Waals surface area (Å²) in [5.74, 6) is -0.0877. The van der Waals surface area contributed by atoms with Crippen LogP contribution in [0.3, 0.4) is 0 Å². The lowest BCUT2D eigenvalue weighted by Crippen LogP contribution is -2.48. The van der Waals surface area contributed by atoms with Crippen molar-refractivity contribution in [2.75, 3.05) is 26.2 Å². The van der Waals surface area contributed by atoms with Gasteiger partial charge in [-0.3, -0.25) is 14.6 Å². The molecule has 0 spiro atoms. The molecule has 1 aliphatic rings. The fourth-order valence-electron chi connectivity index (χ4n) is 4.47. The van der Waals surface area contributed by atoms with Crippen LogP contribution >= 0.6 is 11.3 Å². The molecule has 6 nitrogen and oxygen atoms in total. The fourth-order valence-corrected chi connectivity index (χ4v) is 5.21. The molecule has 5 rings (SSSR count). The van der Waals surface area contributed by atoms with E-state index in [9.17, 15) is 9.90 Å². The number of aromatic nitrogens is 1. The van der Waals surface area contributed by atoms with Gasteiger partial charge in [-0.2, -0.15) is 0 Å². The first kappa shape index (κ1) is 21.7. The van der Waals surface area contributed by atoms with Gasteiger partial charge in [0.05, 0.1) is 0 Å². The number of H-pyrrole nitrogens is 1. The molecule has 3 heterocycles. The molecular formula is C26H27N3O3S. The van der Waals surface area contributed by atoms with Crippen molar-refractivity contribution in [3.05, 3.63) is 88.2 Å². The number of aliphatic carboxylic acids is 1. The maximum Gasteiger partial charge on any atom is 0.325 e. The van der Waals surface area contributed by atoms with Gasteiger partial charge in [0.25, 0.3) is 0 Å². The van der Waals surface area contributed by atoms with Crippen molar-refractivity contribution >= 4 is 28.2 Å². The average Bonchev–Trinajstić information content (AvgIpc) is 3.50. The molecule has 2 aromatic carbocycles. The Balaban J connectivity index is 1.32. The molecule has 4 aromatic rings. The van der Waals surface area contributed by atoms with Crippen LogP contribution in [0.25, 0.3) is 10.9 Å². The van der Waals surface area contributed by atoms with E-state index in [0.29, 0.717) is 6.61 Å². The minimum absolute atomic E-state index is 0.473. The SMILES string of the molecule is O=C(O)[C@H](c1c[nH]c2ccc(OCc3ccccc3)cc12)N1CCN(Cc2cccs2)CC1. The van der Waals surface area contributed by atoms with Crippen LogP contribution in [0.15, 0.2) is 72.2 Å². The summed E-state index contributed by atoms with van der Waals surface area (Å²) in [5, 5.41) is 13.1. The van der Waals surface area contributed by atoms with Gasteiger partial charge < -0.3 is 14.8 Å². The Bertz CT molecular complexity index is 1200. The van der Waals surface area contributed by atoms with Crippen molar-refractivity contribution in [3.8, 4) is 5.75 Å². The first-order chi connectivity index (χ1) is 16.2. The largest absolute Gasteiger partial charge is 0.489 e. The van der Waals surface area contributed by atoms with Crippen molar-refractivity contribution in [2.45, 2.75) is 19.2 Å². The Hall–Kier alpha value is -3.13. The van der Waals surface area contributed by atoms with Crippen molar-refractivity contribution < 1.29 is 14.6 Å². The van der Waals surface area contributed by atoms with E-state index in [1.165, 1.54) is 4.88 Å². The molecule has 33 heavy (non-hydrogen) atoms. The zero-order valence-electron chi connectivity index (χ0n) is 18.3. The molecule has 2 N–H and O–H groups in total. The summed E-state index contributed by atoms with van der Waals surface area (Å²) in [6.45, 7) is 4.56. The zero-order chi connectivity index (χ0) is 22.6. The number of carboxylic acids is 1. The minimum atomic E-state index is -0.821. The number of carboxylic acid groups (broad SMARTS) is 1. The van der Waals surface area contributed by atoms with Gasteiger partial charge in [0.1, 0.15) is 18.4 Å². The number of rotatable bonds is 8. The summed E-state index contributed by atoms with van der Waals surface area (Å²) in [6.07, 6.45) is 1.84. The average molecular weight is 462 g/mol. The third kappa shape index (κ3) is 4.95. The molecular weight excluding hydrogens is 434 g/mol. The van der Waals surface area contributed by atoms with Gasteiger partial charge in [0.15, 0.2) is 0 Å². The molecule has 0 unspecified atom stereocenters. The molecule has 7 heteroatoms. The Kier molecular flexibility index (Phi) is 6.44. The quantitative estimate of drug-likeness (QED) is 0.396. The monoisotopic (exact) mass is 461 g/mol. The van der Waals surface area contributed by atoms with E-state index >= 15 is 0 Å². The number of nitrogens with one attached hydrogen (secondary N) is 1. The van der Waals surface area contributed by atoms with Gasteiger partial charge in [0.2, 0.25) is 0 Å². The number of ether oxygens (including phenoxy) is 1. The van der Waals surface area contributed by atoms with E-state index in [2.05, 4.69) is 32.3 Å². The summed E-state index contributed by atoms with van der Waals surface area (Å²) >= 11 is 1.77. The van der Waals surface area contributed by atoms with Gasteiger partial charge in [-0.1, -0.05) is 36.4 Å². The summed E-state index contributed by atoms with van der Waals surface area (Å²) in [4.78, 5) is 21.4. The minimum Gasteiger partial charge on any atom is -0.489 e. The standard InChI is InChI=1S/C26H27N3O3S/c30-26(31)25(29-12-10-28(11-13-29)17-21-7-4-14-33-21)23-16-27-24-9-8-20(15-22(23)24)32-18-19-5-2-1-3-6-19/h1-9,14-16,25,27H,10-13,17-18H2,(H,30,31)/t25-/m0/s1. The van der Waals surface area contributed by atoms with E-state index in [-0.39, 0.29) is 0 Å². The molecule has 1 fully saturated rings. The number of aromatic amines is 1. The van der Waals surface area contributed by atoms with Crippen LogP contribution in [0.1, 0.15) is 22.0 Å². The molecule has 170 valence electrons. The lowest BCUT2D eigenvalue weighted by molar-refractivity contribution is -0.144. The Morgan fingerprint density at radius 2 is 1.88 bits per heavy atom. The third-order valence-electron chi connectivity index (χ3n) is 6.19. The lowest BCUT2D eigenvalue weighted by atomic mass is 10.0. The van der Waals surface area contributed by atoms with Gasteiger partial charge in [-0.25, -0.2) is 0 Å². The molecule has 1 aliphatic heterocycles. The normalized spacial score (nSPS) is 16.1. The second-order valence-corrected chi connectivity index (χ2v) is 9.39.